The standard InChI is InChI=1S/C20H27N5O4/c1-28-18-12(11-26)5-7-14(16(18)21)24-9-3-4-10-25-15-8-6-13(20(23)27)19(29-2)17(15)22/h5-8,11,24-25H,3-4,9-10,21-22H2,1-2H3,(H2,23,27). The fraction of sp³-hybridized carbons (Fsp3) is 0.300. The Labute approximate surface area is 169 Å². The van der Waals surface area contributed by atoms with Crippen LogP contribution in [0.4, 0.5) is 22.7 Å². The molecule has 29 heavy (non-hydrogen) atoms. The first kappa shape index (κ1) is 21.7. The Hall–Kier alpha value is -3.62. The molecule has 0 unspecified atom stereocenters. The van der Waals surface area contributed by atoms with Gasteiger partial charge in [-0.1, -0.05) is 0 Å². The fourth-order valence-electron chi connectivity index (χ4n) is 2.95. The van der Waals surface area contributed by atoms with E-state index in [4.69, 9.17) is 26.7 Å². The number of methoxy groups -OCH3 is 2. The summed E-state index contributed by atoms with van der Waals surface area (Å²) in [6, 6.07) is 6.71. The van der Waals surface area contributed by atoms with Gasteiger partial charge in [0, 0.05) is 13.1 Å². The van der Waals surface area contributed by atoms with Crippen LogP contribution in [-0.4, -0.2) is 39.5 Å². The summed E-state index contributed by atoms with van der Waals surface area (Å²) in [6.45, 7) is 1.36. The van der Waals surface area contributed by atoms with Crippen molar-refractivity contribution in [3.63, 3.8) is 0 Å². The molecule has 0 aliphatic rings. The van der Waals surface area contributed by atoms with Crippen molar-refractivity contribution in [2.45, 2.75) is 12.8 Å². The lowest BCUT2D eigenvalue weighted by Gasteiger charge is -2.15. The number of rotatable bonds is 11. The highest BCUT2D eigenvalue weighted by Gasteiger charge is 2.15. The molecule has 0 saturated carbocycles. The average Bonchev–Trinajstić information content (AvgIpc) is 2.71. The van der Waals surface area contributed by atoms with Crippen LogP contribution in [0.15, 0.2) is 24.3 Å². The lowest BCUT2D eigenvalue weighted by atomic mass is 10.1. The number of nitrogens with two attached hydrogens (primary N) is 3. The SMILES string of the molecule is COc1c(C=O)ccc(NCCCCNc2ccc(C(N)=O)c(OC)c2N)c1N. The van der Waals surface area contributed by atoms with Crippen LogP contribution in [0.5, 0.6) is 11.5 Å². The Morgan fingerprint density at radius 2 is 1.45 bits per heavy atom. The summed E-state index contributed by atoms with van der Waals surface area (Å²) in [6.07, 6.45) is 2.43. The van der Waals surface area contributed by atoms with Gasteiger partial charge in [-0.2, -0.15) is 0 Å². The number of benzene rings is 2. The molecule has 0 aliphatic heterocycles. The van der Waals surface area contributed by atoms with Crippen LogP contribution < -0.4 is 37.3 Å². The molecule has 0 spiro atoms. The van der Waals surface area contributed by atoms with Crippen molar-refractivity contribution < 1.29 is 19.1 Å². The second kappa shape index (κ2) is 10.1. The normalized spacial score (nSPS) is 10.3. The van der Waals surface area contributed by atoms with Crippen molar-refractivity contribution in [1.29, 1.82) is 0 Å². The van der Waals surface area contributed by atoms with Gasteiger partial charge >= 0.3 is 0 Å². The number of aldehydes is 1. The number of carbonyl (C=O) groups is 2. The second-order valence-corrected chi connectivity index (χ2v) is 6.30. The van der Waals surface area contributed by atoms with E-state index in [1.54, 1.807) is 24.3 Å². The van der Waals surface area contributed by atoms with E-state index < -0.39 is 5.91 Å². The molecule has 156 valence electrons. The van der Waals surface area contributed by atoms with E-state index in [0.29, 0.717) is 47.8 Å². The van der Waals surface area contributed by atoms with Crippen molar-refractivity contribution in [2.24, 2.45) is 5.73 Å². The van der Waals surface area contributed by atoms with Crippen molar-refractivity contribution in [2.75, 3.05) is 49.4 Å². The number of ether oxygens (including phenoxy) is 2. The quantitative estimate of drug-likeness (QED) is 0.218. The van der Waals surface area contributed by atoms with Gasteiger partial charge in [-0.15, -0.1) is 0 Å². The molecule has 0 aliphatic carbocycles. The number of hydrogen-bond acceptors (Lipinski definition) is 8. The maximum Gasteiger partial charge on any atom is 0.252 e. The summed E-state index contributed by atoms with van der Waals surface area (Å²) >= 11 is 0. The van der Waals surface area contributed by atoms with Crippen LogP contribution >= 0.6 is 0 Å². The molecule has 0 bridgehead atoms. The highest BCUT2D eigenvalue weighted by atomic mass is 16.5. The molecule has 9 heteroatoms. The number of nitrogen functional groups attached to an aromatic ring is 2. The Morgan fingerprint density at radius 3 is 1.93 bits per heavy atom. The molecule has 8 N–H and O–H groups in total. The Kier molecular flexibility index (Phi) is 7.53. The first-order chi connectivity index (χ1) is 13.9. The van der Waals surface area contributed by atoms with E-state index in [0.717, 1.165) is 18.5 Å². The molecule has 9 nitrogen and oxygen atoms in total. The zero-order chi connectivity index (χ0) is 21.4. The Balaban J connectivity index is 1.85. The lowest BCUT2D eigenvalue weighted by Crippen LogP contribution is -2.15. The van der Waals surface area contributed by atoms with Crippen molar-refractivity contribution in [3.8, 4) is 11.5 Å². The summed E-state index contributed by atoms with van der Waals surface area (Å²) in [5, 5.41) is 6.47. The maximum absolute atomic E-state index is 11.4. The molecule has 0 saturated heterocycles. The third kappa shape index (κ3) is 5.01. The zero-order valence-corrected chi connectivity index (χ0v) is 16.6. The minimum atomic E-state index is -0.594. The molecule has 0 atom stereocenters. The summed E-state index contributed by atoms with van der Waals surface area (Å²) in [5.41, 5.74) is 20.2. The third-order valence-electron chi connectivity index (χ3n) is 4.46. The van der Waals surface area contributed by atoms with Gasteiger partial charge in [0.05, 0.1) is 48.1 Å². The molecule has 2 aromatic rings. The van der Waals surface area contributed by atoms with E-state index in [1.807, 2.05) is 0 Å². The van der Waals surface area contributed by atoms with Gasteiger partial charge < -0.3 is 37.3 Å². The van der Waals surface area contributed by atoms with Gasteiger partial charge in [0.2, 0.25) is 0 Å². The van der Waals surface area contributed by atoms with Gasteiger partial charge in [-0.05, 0) is 37.1 Å². The maximum atomic E-state index is 11.4. The summed E-state index contributed by atoms with van der Waals surface area (Å²) in [4.78, 5) is 22.4. The van der Waals surface area contributed by atoms with Crippen LogP contribution in [0.1, 0.15) is 33.6 Å². The summed E-state index contributed by atoms with van der Waals surface area (Å²) < 4.78 is 10.4. The van der Waals surface area contributed by atoms with Crippen molar-refractivity contribution in [3.05, 3.63) is 35.4 Å². The summed E-state index contributed by atoms with van der Waals surface area (Å²) in [5.74, 6) is 0.0473. The molecule has 1 amide bonds. The number of anilines is 4. The number of unbranched alkanes of at least 4 members (excludes halogenated alkanes) is 1. The van der Waals surface area contributed by atoms with E-state index in [1.165, 1.54) is 14.2 Å². The second-order valence-electron chi connectivity index (χ2n) is 6.30. The molecule has 0 radical (unpaired) electrons. The molecule has 0 aromatic heterocycles. The van der Waals surface area contributed by atoms with Crippen molar-refractivity contribution in [1.82, 2.24) is 0 Å². The van der Waals surface area contributed by atoms with Gasteiger partial charge in [0.25, 0.3) is 5.91 Å². The highest BCUT2D eigenvalue weighted by molar-refractivity contribution is 5.99. The number of nitrogens with one attached hydrogen (secondary N) is 2. The first-order valence-corrected chi connectivity index (χ1v) is 9.10. The van der Waals surface area contributed by atoms with E-state index in [-0.39, 0.29) is 11.3 Å². The first-order valence-electron chi connectivity index (χ1n) is 9.10. The minimum Gasteiger partial charge on any atom is -0.494 e. The average molecular weight is 401 g/mol. The predicted molar refractivity (Wildman–Crippen MR) is 115 cm³/mol. The zero-order valence-electron chi connectivity index (χ0n) is 16.6. The van der Waals surface area contributed by atoms with Gasteiger partial charge in [-0.25, -0.2) is 0 Å². The Bertz CT molecular complexity index is 886. The van der Waals surface area contributed by atoms with Gasteiger partial charge in [-0.3, -0.25) is 9.59 Å². The number of hydrogen-bond donors (Lipinski definition) is 5. The smallest absolute Gasteiger partial charge is 0.252 e. The largest absolute Gasteiger partial charge is 0.494 e. The van der Waals surface area contributed by atoms with E-state index in [2.05, 4.69) is 10.6 Å². The van der Waals surface area contributed by atoms with Crippen LogP contribution in [0, 0.1) is 0 Å². The van der Waals surface area contributed by atoms with Crippen LogP contribution in [0.3, 0.4) is 0 Å². The molecule has 2 aromatic carbocycles. The molecular weight excluding hydrogens is 374 g/mol. The van der Waals surface area contributed by atoms with E-state index >= 15 is 0 Å². The van der Waals surface area contributed by atoms with Crippen molar-refractivity contribution >= 4 is 34.9 Å². The summed E-state index contributed by atoms with van der Waals surface area (Å²) in [7, 11) is 2.92. The topological polar surface area (TPSA) is 155 Å². The minimum absolute atomic E-state index is 0.244. The van der Waals surface area contributed by atoms with Gasteiger partial charge in [0.1, 0.15) is 0 Å². The Morgan fingerprint density at radius 1 is 0.931 bits per heavy atom. The fourth-order valence-corrected chi connectivity index (χ4v) is 2.95. The molecule has 2 rings (SSSR count). The molecular formula is C20H27N5O4. The lowest BCUT2D eigenvalue weighted by molar-refractivity contribution is 0.0997. The van der Waals surface area contributed by atoms with Gasteiger partial charge in [0.15, 0.2) is 17.8 Å². The van der Waals surface area contributed by atoms with E-state index in [9.17, 15) is 9.59 Å². The number of carbonyl (C=O) groups excluding carboxylic acids is 2. The van der Waals surface area contributed by atoms with Crippen LogP contribution in [0.25, 0.3) is 0 Å². The predicted octanol–water partition coefficient (Wildman–Crippen LogP) is 2.08. The molecule has 0 heterocycles. The number of primary amides is 1. The number of amides is 1. The van der Waals surface area contributed by atoms with Crippen LogP contribution in [-0.2, 0) is 0 Å². The highest BCUT2D eigenvalue weighted by Crippen LogP contribution is 2.33. The third-order valence-corrected chi connectivity index (χ3v) is 4.46. The monoisotopic (exact) mass is 401 g/mol. The molecule has 0 fully saturated rings. The van der Waals surface area contributed by atoms with Crippen LogP contribution in [0.2, 0.25) is 0 Å².